The first-order valence-electron chi connectivity index (χ1n) is 7.38. The van der Waals surface area contributed by atoms with Crippen LogP contribution < -0.4 is 15.0 Å². The van der Waals surface area contributed by atoms with Crippen LogP contribution in [0.25, 0.3) is 0 Å². The maximum atomic E-state index is 12.1. The molecule has 1 rings (SSSR count). The fourth-order valence-corrected chi connectivity index (χ4v) is 2.23. The minimum Gasteiger partial charge on any atom is -0.497 e. The number of hydrogen-bond acceptors (Lipinski definition) is 3. The Hall–Kier alpha value is -2.08. The van der Waals surface area contributed by atoms with Crippen LogP contribution in [0.3, 0.4) is 0 Å². The van der Waals surface area contributed by atoms with Gasteiger partial charge in [0.05, 0.1) is 13.7 Å². The smallest absolute Gasteiger partial charge is 0.280 e. The summed E-state index contributed by atoms with van der Waals surface area (Å²) in [7, 11) is 5.05. The molecule has 2 amide bonds. The highest BCUT2D eigenvalue weighted by Crippen LogP contribution is 2.14. The van der Waals surface area contributed by atoms with Gasteiger partial charge in [0, 0.05) is 19.8 Å². The topological polar surface area (TPSA) is 63.1 Å². The standard InChI is InChI=1S/C16H25N3O3/c1-6-19(12(2)16(21)18(3)4)11-15(20)17-13-7-9-14(22-5)10-8-13/h7-10,12H,6,11H2,1-5H3,(H,17,20)/p+1/t12-/m0/s1. The Morgan fingerprint density at radius 3 is 2.32 bits per heavy atom. The molecular formula is C16H26N3O3+. The summed E-state index contributed by atoms with van der Waals surface area (Å²) in [6.07, 6.45) is 0. The Balaban J connectivity index is 2.62. The first-order valence-corrected chi connectivity index (χ1v) is 7.38. The lowest BCUT2D eigenvalue weighted by Gasteiger charge is -2.25. The maximum Gasteiger partial charge on any atom is 0.280 e. The molecule has 0 aliphatic heterocycles. The molecule has 0 radical (unpaired) electrons. The highest BCUT2D eigenvalue weighted by Gasteiger charge is 2.27. The van der Waals surface area contributed by atoms with E-state index in [1.807, 2.05) is 13.8 Å². The van der Waals surface area contributed by atoms with Crippen LogP contribution in [0.15, 0.2) is 24.3 Å². The predicted molar refractivity (Wildman–Crippen MR) is 86.2 cm³/mol. The van der Waals surface area contributed by atoms with E-state index in [4.69, 9.17) is 4.74 Å². The highest BCUT2D eigenvalue weighted by molar-refractivity contribution is 5.91. The third-order valence-electron chi connectivity index (χ3n) is 3.64. The van der Waals surface area contributed by atoms with Gasteiger partial charge in [-0.25, -0.2) is 0 Å². The van der Waals surface area contributed by atoms with Gasteiger partial charge in [-0.1, -0.05) is 0 Å². The molecule has 1 aromatic rings. The van der Waals surface area contributed by atoms with Crippen LogP contribution in [-0.4, -0.2) is 57.1 Å². The largest absolute Gasteiger partial charge is 0.497 e. The predicted octanol–water partition coefficient (Wildman–Crippen LogP) is 0.0152. The summed E-state index contributed by atoms with van der Waals surface area (Å²) in [5.41, 5.74) is 0.716. The van der Waals surface area contributed by atoms with Crippen molar-refractivity contribution in [3.05, 3.63) is 24.3 Å². The first-order chi connectivity index (χ1) is 10.4. The molecule has 0 aliphatic carbocycles. The number of anilines is 1. The Labute approximate surface area is 132 Å². The summed E-state index contributed by atoms with van der Waals surface area (Å²) in [5.74, 6) is 0.651. The van der Waals surface area contributed by atoms with E-state index in [2.05, 4.69) is 5.32 Å². The fraction of sp³-hybridized carbons (Fsp3) is 0.500. The van der Waals surface area contributed by atoms with Crippen molar-refractivity contribution in [2.45, 2.75) is 19.9 Å². The van der Waals surface area contributed by atoms with Gasteiger partial charge < -0.3 is 19.9 Å². The van der Waals surface area contributed by atoms with E-state index in [9.17, 15) is 9.59 Å². The number of carbonyl (C=O) groups excluding carboxylic acids is 2. The van der Waals surface area contributed by atoms with Gasteiger partial charge in [0.25, 0.3) is 11.8 Å². The summed E-state index contributed by atoms with van der Waals surface area (Å²) in [4.78, 5) is 26.7. The molecule has 6 nitrogen and oxygen atoms in total. The monoisotopic (exact) mass is 308 g/mol. The molecule has 6 heteroatoms. The van der Waals surface area contributed by atoms with Crippen LogP contribution in [0.2, 0.25) is 0 Å². The molecular weight excluding hydrogens is 282 g/mol. The van der Waals surface area contributed by atoms with Crippen LogP contribution in [0.1, 0.15) is 13.8 Å². The molecule has 2 N–H and O–H groups in total. The van der Waals surface area contributed by atoms with Crippen molar-refractivity contribution in [2.75, 3.05) is 39.6 Å². The molecule has 22 heavy (non-hydrogen) atoms. The zero-order valence-corrected chi connectivity index (χ0v) is 14.0. The molecule has 0 saturated carbocycles. The van der Waals surface area contributed by atoms with Crippen molar-refractivity contribution in [1.82, 2.24) is 4.90 Å². The van der Waals surface area contributed by atoms with Crippen molar-refractivity contribution in [2.24, 2.45) is 0 Å². The molecule has 122 valence electrons. The number of nitrogens with zero attached hydrogens (tertiary/aromatic N) is 1. The second kappa shape index (κ2) is 8.38. The van der Waals surface area contributed by atoms with Crippen molar-refractivity contribution < 1.29 is 19.2 Å². The summed E-state index contributed by atoms with van der Waals surface area (Å²) in [6, 6.07) is 6.91. The van der Waals surface area contributed by atoms with E-state index in [1.165, 1.54) is 0 Å². The van der Waals surface area contributed by atoms with Crippen LogP contribution in [0.4, 0.5) is 5.69 Å². The quantitative estimate of drug-likeness (QED) is 0.746. The molecule has 0 heterocycles. The van der Waals surface area contributed by atoms with Gasteiger partial charge in [-0.3, -0.25) is 9.59 Å². The number of nitrogens with one attached hydrogen (secondary N) is 2. The Kier molecular flexibility index (Phi) is 6.85. The molecule has 0 fully saturated rings. The van der Waals surface area contributed by atoms with Gasteiger partial charge in [0.2, 0.25) is 0 Å². The second-order valence-electron chi connectivity index (χ2n) is 5.42. The molecule has 0 aromatic heterocycles. The van der Waals surface area contributed by atoms with Gasteiger partial charge in [-0.2, -0.15) is 0 Å². The number of ether oxygens (including phenoxy) is 1. The molecule has 1 unspecified atom stereocenters. The highest BCUT2D eigenvalue weighted by atomic mass is 16.5. The fourth-order valence-electron chi connectivity index (χ4n) is 2.23. The number of carbonyl (C=O) groups is 2. The zero-order chi connectivity index (χ0) is 16.7. The third-order valence-corrected chi connectivity index (χ3v) is 3.64. The number of methoxy groups -OCH3 is 1. The van der Waals surface area contributed by atoms with Crippen molar-refractivity contribution in [1.29, 1.82) is 0 Å². The lowest BCUT2D eigenvalue weighted by Crippen LogP contribution is -3.17. The number of quaternary nitrogens is 1. The van der Waals surface area contributed by atoms with Crippen LogP contribution in [0, 0.1) is 0 Å². The number of likely N-dealkylation sites (N-methyl/N-ethyl adjacent to an activating group) is 2. The number of benzene rings is 1. The van der Waals surface area contributed by atoms with Crippen LogP contribution in [-0.2, 0) is 9.59 Å². The lowest BCUT2D eigenvalue weighted by atomic mass is 10.2. The first kappa shape index (κ1) is 18.0. The summed E-state index contributed by atoms with van der Waals surface area (Å²) < 4.78 is 5.08. The Morgan fingerprint density at radius 2 is 1.86 bits per heavy atom. The SMILES string of the molecule is CC[NH+](CC(=O)Nc1ccc(OC)cc1)[C@@H](C)C(=O)N(C)C. The van der Waals surface area contributed by atoms with Gasteiger partial charge in [-0.05, 0) is 38.1 Å². The van der Waals surface area contributed by atoms with E-state index < -0.39 is 0 Å². The Bertz CT molecular complexity index is 500. The number of hydrogen-bond donors (Lipinski definition) is 2. The van der Waals surface area contributed by atoms with Crippen molar-refractivity contribution >= 4 is 17.5 Å². The average Bonchev–Trinajstić information content (AvgIpc) is 2.51. The number of rotatable bonds is 7. The molecule has 0 bridgehead atoms. The van der Waals surface area contributed by atoms with E-state index in [0.717, 1.165) is 10.6 Å². The van der Waals surface area contributed by atoms with Gasteiger partial charge in [0.15, 0.2) is 12.6 Å². The lowest BCUT2D eigenvalue weighted by molar-refractivity contribution is -0.904. The summed E-state index contributed by atoms with van der Waals surface area (Å²) >= 11 is 0. The molecule has 2 atom stereocenters. The van der Waals surface area contributed by atoms with E-state index in [1.54, 1.807) is 50.4 Å². The van der Waals surface area contributed by atoms with E-state index in [-0.39, 0.29) is 24.4 Å². The van der Waals surface area contributed by atoms with Crippen molar-refractivity contribution in [3.8, 4) is 5.75 Å². The Morgan fingerprint density at radius 1 is 1.27 bits per heavy atom. The maximum absolute atomic E-state index is 12.1. The minimum absolute atomic E-state index is 0.0223. The number of amides is 2. The third kappa shape index (κ3) is 5.04. The van der Waals surface area contributed by atoms with Gasteiger partial charge >= 0.3 is 0 Å². The average molecular weight is 308 g/mol. The van der Waals surface area contributed by atoms with Crippen LogP contribution in [0.5, 0.6) is 5.75 Å². The zero-order valence-electron chi connectivity index (χ0n) is 14.0. The summed E-state index contributed by atoms with van der Waals surface area (Å²) in [6.45, 7) is 4.78. The molecule has 0 saturated heterocycles. The van der Waals surface area contributed by atoms with Gasteiger partial charge in [0.1, 0.15) is 5.75 Å². The van der Waals surface area contributed by atoms with Crippen LogP contribution >= 0.6 is 0 Å². The van der Waals surface area contributed by atoms with E-state index in [0.29, 0.717) is 12.2 Å². The normalized spacial score (nSPS) is 13.1. The molecule has 1 aromatic carbocycles. The molecule has 0 spiro atoms. The van der Waals surface area contributed by atoms with E-state index >= 15 is 0 Å². The molecule has 0 aliphatic rings. The van der Waals surface area contributed by atoms with Gasteiger partial charge in [-0.15, -0.1) is 0 Å². The summed E-state index contributed by atoms with van der Waals surface area (Å²) in [5, 5.41) is 2.84. The second-order valence-corrected chi connectivity index (χ2v) is 5.42. The minimum atomic E-state index is -0.249. The van der Waals surface area contributed by atoms with Crippen molar-refractivity contribution in [3.63, 3.8) is 0 Å².